The van der Waals surface area contributed by atoms with Gasteiger partial charge in [-0.2, -0.15) is 0 Å². The lowest BCUT2D eigenvalue weighted by molar-refractivity contribution is 0.126. The predicted octanol–water partition coefficient (Wildman–Crippen LogP) is 1.36. The fraction of sp³-hybridized carbons (Fsp3) is 0.462. The average Bonchev–Trinajstić information content (AvgIpc) is 2.78. The van der Waals surface area contributed by atoms with Crippen molar-refractivity contribution in [1.29, 1.82) is 0 Å². The number of benzene rings is 1. The third kappa shape index (κ3) is 4.21. The summed E-state index contributed by atoms with van der Waals surface area (Å²) >= 11 is 1.40. The number of rotatable bonds is 6. The summed E-state index contributed by atoms with van der Waals surface area (Å²) in [5, 5.41) is 21.7. The van der Waals surface area contributed by atoms with E-state index in [0.717, 1.165) is 16.9 Å². The fourth-order valence-corrected chi connectivity index (χ4v) is 2.53. The van der Waals surface area contributed by atoms with E-state index in [1.54, 1.807) is 11.7 Å². The molecular formula is C13H18N4O2S. The highest BCUT2D eigenvalue weighted by atomic mass is 32.2. The number of ether oxygens (including phenoxy) is 1. The van der Waals surface area contributed by atoms with Crippen molar-refractivity contribution >= 4 is 11.8 Å². The molecule has 1 N–H and O–H groups in total. The summed E-state index contributed by atoms with van der Waals surface area (Å²) < 4.78 is 7.18. The number of aliphatic hydroxyl groups excluding tert-OH is 1. The van der Waals surface area contributed by atoms with Crippen LogP contribution in [0.1, 0.15) is 11.1 Å². The van der Waals surface area contributed by atoms with Crippen LogP contribution in [-0.2, 0) is 7.05 Å². The van der Waals surface area contributed by atoms with E-state index in [2.05, 4.69) is 21.6 Å². The van der Waals surface area contributed by atoms with Crippen LogP contribution in [0.15, 0.2) is 23.4 Å². The minimum absolute atomic E-state index is 0.251. The lowest BCUT2D eigenvalue weighted by Gasteiger charge is -2.12. The molecule has 1 heterocycles. The maximum atomic E-state index is 9.92. The second-order valence-corrected chi connectivity index (χ2v) is 5.67. The highest BCUT2D eigenvalue weighted by molar-refractivity contribution is 7.99. The first-order valence-corrected chi connectivity index (χ1v) is 7.27. The maximum absolute atomic E-state index is 9.92. The molecule has 0 saturated heterocycles. The van der Waals surface area contributed by atoms with Gasteiger partial charge in [-0.15, -0.1) is 5.10 Å². The van der Waals surface area contributed by atoms with Crippen molar-refractivity contribution in [2.75, 3.05) is 12.4 Å². The topological polar surface area (TPSA) is 73.1 Å². The number of tetrazole rings is 1. The maximum Gasteiger partial charge on any atom is 0.209 e. The monoisotopic (exact) mass is 294 g/mol. The molecule has 20 heavy (non-hydrogen) atoms. The summed E-state index contributed by atoms with van der Waals surface area (Å²) in [5.41, 5.74) is 2.29. The lowest BCUT2D eigenvalue weighted by atomic mass is 10.1. The minimum atomic E-state index is -0.572. The predicted molar refractivity (Wildman–Crippen MR) is 76.9 cm³/mol. The molecule has 0 spiro atoms. The van der Waals surface area contributed by atoms with Crippen molar-refractivity contribution < 1.29 is 9.84 Å². The van der Waals surface area contributed by atoms with Gasteiger partial charge in [-0.1, -0.05) is 17.8 Å². The molecule has 0 bridgehead atoms. The average molecular weight is 294 g/mol. The third-order valence-electron chi connectivity index (χ3n) is 2.62. The molecule has 7 heteroatoms. The van der Waals surface area contributed by atoms with Crippen LogP contribution in [0, 0.1) is 13.8 Å². The van der Waals surface area contributed by atoms with Crippen LogP contribution in [0.25, 0.3) is 0 Å². The quantitative estimate of drug-likeness (QED) is 0.811. The molecule has 2 aromatic rings. The molecule has 1 aromatic carbocycles. The number of hydrogen-bond acceptors (Lipinski definition) is 6. The van der Waals surface area contributed by atoms with Crippen LogP contribution in [0.5, 0.6) is 5.75 Å². The highest BCUT2D eigenvalue weighted by Gasteiger charge is 2.10. The van der Waals surface area contributed by atoms with Gasteiger partial charge in [0.25, 0.3) is 0 Å². The van der Waals surface area contributed by atoms with Gasteiger partial charge in [0, 0.05) is 12.8 Å². The van der Waals surface area contributed by atoms with Gasteiger partial charge < -0.3 is 9.84 Å². The van der Waals surface area contributed by atoms with E-state index in [0.29, 0.717) is 10.9 Å². The molecule has 1 atom stereocenters. The van der Waals surface area contributed by atoms with Gasteiger partial charge in [0.15, 0.2) is 0 Å². The summed E-state index contributed by atoms with van der Waals surface area (Å²) in [4.78, 5) is 0. The molecule has 0 amide bonds. The molecule has 0 fully saturated rings. The molecule has 1 unspecified atom stereocenters. The molecule has 1 aromatic heterocycles. The van der Waals surface area contributed by atoms with E-state index < -0.39 is 6.10 Å². The zero-order valence-corrected chi connectivity index (χ0v) is 12.6. The van der Waals surface area contributed by atoms with Crippen LogP contribution >= 0.6 is 11.8 Å². The number of thioether (sulfide) groups is 1. The summed E-state index contributed by atoms with van der Waals surface area (Å²) in [6.45, 7) is 4.29. The second-order valence-electron chi connectivity index (χ2n) is 4.68. The highest BCUT2D eigenvalue weighted by Crippen LogP contribution is 2.18. The van der Waals surface area contributed by atoms with E-state index in [9.17, 15) is 5.11 Å². The van der Waals surface area contributed by atoms with Gasteiger partial charge in [-0.3, -0.25) is 0 Å². The Labute approximate surface area is 122 Å². The molecule has 0 radical (unpaired) electrons. The largest absolute Gasteiger partial charge is 0.491 e. The molecular weight excluding hydrogens is 276 g/mol. The number of hydrogen-bond donors (Lipinski definition) is 1. The van der Waals surface area contributed by atoms with E-state index in [1.807, 2.05) is 26.0 Å². The Hall–Kier alpha value is -1.60. The van der Waals surface area contributed by atoms with E-state index in [4.69, 9.17) is 4.74 Å². The molecule has 0 aliphatic rings. The summed E-state index contributed by atoms with van der Waals surface area (Å²) in [6, 6.07) is 6.00. The first kappa shape index (κ1) is 14.8. The van der Waals surface area contributed by atoms with E-state index in [1.165, 1.54) is 11.8 Å². The SMILES string of the molecule is Cc1cc(C)cc(OCC(O)CSc2nnnn2C)c1. The Morgan fingerprint density at radius 3 is 2.60 bits per heavy atom. The van der Waals surface area contributed by atoms with Crippen molar-refractivity contribution in [3.63, 3.8) is 0 Å². The Balaban J connectivity index is 1.80. The Morgan fingerprint density at radius 1 is 1.30 bits per heavy atom. The molecule has 2 rings (SSSR count). The van der Waals surface area contributed by atoms with Crippen LogP contribution in [0.4, 0.5) is 0 Å². The fourth-order valence-electron chi connectivity index (χ4n) is 1.77. The van der Waals surface area contributed by atoms with Crippen molar-refractivity contribution in [1.82, 2.24) is 20.2 Å². The van der Waals surface area contributed by atoms with Crippen molar-refractivity contribution in [2.24, 2.45) is 7.05 Å². The van der Waals surface area contributed by atoms with Gasteiger partial charge in [0.2, 0.25) is 5.16 Å². The Kier molecular flexibility index (Phi) is 4.97. The molecule has 108 valence electrons. The number of nitrogens with zero attached hydrogens (tertiary/aromatic N) is 4. The van der Waals surface area contributed by atoms with Crippen LogP contribution in [0.3, 0.4) is 0 Å². The minimum Gasteiger partial charge on any atom is -0.491 e. The Morgan fingerprint density at radius 2 is 2.00 bits per heavy atom. The van der Waals surface area contributed by atoms with Crippen molar-refractivity contribution in [2.45, 2.75) is 25.1 Å². The lowest BCUT2D eigenvalue weighted by Crippen LogP contribution is -2.20. The van der Waals surface area contributed by atoms with Crippen LogP contribution in [0.2, 0.25) is 0 Å². The van der Waals surface area contributed by atoms with E-state index >= 15 is 0 Å². The smallest absolute Gasteiger partial charge is 0.209 e. The van der Waals surface area contributed by atoms with E-state index in [-0.39, 0.29) is 6.61 Å². The zero-order valence-electron chi connectivity index (χ0n) is 11.8. The van der Waals surface area contributed by atoms with Gasteiger partial charge in [0.1, 0.15) is 12.4 Å². The summed E-state index contributed by atoms with van der Waals surface area (Å²) in [6.07, 6.45) is -0.572. The molecule has 0 aliphatic carbocycles. The van der Waals surface area contributed by atoms with Crippen LogP contribution < -0.4 is 4.74 Å². The van der Waals surface area contributed by atoms with Crippen molar-refractivity contribution in [3.05, 3.63) is 29.3 Å². The first-order chi connectivity index (χ1) is 9.54. The van der Waals surface area contributed by atoms with Crippen molar-refractivity contribution in [3.8, 4) is 5.75 Å². The van der Waals surface area contributed by atoms with Gasteiger partial charge in [0.05, 0.1) is 6.10 Å². The molecule has 6 nitrogen and oxygen atoms in total. The van der Waals surface area contributed by atoms with Gasteiger partial charge >= 0.3 is 0 Å². The first-order valence-electron chi connectivity index (χ1n) is 6.29. The summed E-state index contributed by atoms with van der Waals surface area (Å²) in [7, 11) is 1.76. The Bertz CT molecular complexity index is 553. The van der Waals surface area contributed by atoms with Gasteiger partial charge in [-0.25, -0.2) is 4.68 Å². The third-order valence-corrected chi connectivity index (χ3v) is 3.78. The number of aliphatic hydroxyl groups is 1. The van der Waals surface area contributed by atoms with Crippen LogP contribution in [-0.4, -0.2) is 43.8 Å². The summed E-state index contributed by atoms with van der Waals surface area (Å²) in [5.74, 6) is 1.27. The second kappa shape index (κ2) is 6.71. The number of aryl methyl sites for hydroxylation is 3. The number of aromatic nitrogens is 4. The molecule has 0 saturated carbocycles. The molecule has 0 aliphatic heterocycles. The van der Waals surface area contributed by atoms with Gasteiger partial charge in [-0.05, 0) is 47.5 Å². The standard InChI is InChI=1S/C13H18N4O2S/c1-9-4-10(2)6-12(5-9)19-7-11(18)8-20-13-14-15-16-17(13)3/h4-6,11,18H,7-8H2,1-3H3. The normalized spacial score (nSPS) is 12.4. The zero-order chi connectivity index (χ0) is 14.5.